The second kappa shape index (κ2) is 5.98. The lowest BCUT2D eigenvalue weighted by atomic mass is 10.1. The summed E-state index contributed by atoms with van der Waals surface area (Å²) in [4.78, 5) is 1.22. The third kappa shape index (κ3) is 2.79. The van der Waals surface area contributed by atoms with E-state index in [0.717, 1.165) is 5.56 Å². The zero-order valence-electron chi connectivity index (χ0n) is 11.1. The van der Waals surface area contributed by atoms with Crippen LogP contribution in [0.15, 0.2) is 52.3 Å². The zero-order valence-corrected chi connectivity index (χ0v) is 11.9. The van der Waals surface area contributed by atoms with Gasteiger partial charge in [0.2, 0.25) is 11.8 Å². The van der Waals surface area contributed by atoms with Gasteiger partial charge in [-0.05, 0) is 24.1 Å². The minimum atomic E-state index is -0.0687. The van der Waals surface area contributed by atoms with Gasteiger partial charge in [0.25, 0.3) is 0 Å². The fourth-order valence-electron chi connectivity index (χ4n) is 2.10. The van der Waals surface area contributed by atoms with Crippen molar-refractivity contribution in [2.24, 2.45) is 0 Å². The Bertz CT molecular complexity index is 649. The maximum absolute atomic E-state index is 5.79. The van der Waals surface area contributed by atoms with Crippen molar-refractivity contribution in [3.8, 4) is 0 Å². The second-order valence-electron chi connectivity index (χ2n) is 4.42. The summed E-state index contributed by atoms with van der Waals surface area (Å²) in [6.07, 6.45) is 0.690. The van der Waals surface area contributed by atoms with Gasteiger partial charge in [0, 0.05) is 4.88 Å². The molecule has 102 valence electrons. The molecule has 5 heteroatoms. The molecular weight excluding hydrogens is 270 g/mol. The van der Waals surface area contributed by atoms with Gasteiger partial charge in [-0.2, -0.15) is 0 Å². The van der Waals surface area contributed by atoms with Gasteiger partial charge in [-0.1, -0.05) is 36.4 Å². The van der Waals surface area contributed by atoms with E-state index in [1.54, 1.807) is 11.3 Å². The van der Waals surface area contributed by atoms with Gasteiger partial charge >= 0.3 is 0 Å². The number of hydrogen-bond donors (Lipinski definition) is 1. The molecule has 3 aromatic rings. The highest BCUT2D eigenvalue weighted by atomic mass is 32.1. The molecule has 2 aromatic heterocycles. The summed E-state index contributed by atoms with van der Waals surface area (Å²) in [7, 11) is 1.89. The minimum absolute atomic E-state index is 0.0687. The molecule has 0 radical (unpaired) electrons. The van der Waals surface area contributed by atoms with Gasteiger partial charge in [0.15, 0.2) is 0 Å². The van der Waals surface area contributed by atoms with Crippen LogP contribution in [0.1, 0.15) is 28.3 Å². The first-order valence-electron chi connectivity index (χ1n) is 6.43. The number of rotatable bonds is 5. The maximum atomic E-state index is 5.79. The van der Waals surface area contributed by atoms with Crippen LogP contribution in [0.25, 0.3) is 0 Å². The van der Waals surface area contributed by atoms with Gasteiger partial charge in [-0.15, -0.1) is 21.5 Å². The Hall–Kier alpha value is -1.98. The lowest BCUT2D eigenvalue weighted by Crippen LogP contribution is -2.17. The molecule has 0 saturated carbocycles. The number of nitrogens with zero attached hydrogens (tertiary/aromatic N) is 2. The summed E-state index contributed by atoms with van der Waals surface area (Å²) in [6, 6.07) is 14.1. The Kier molecular flexibility index (Phi) is 3.90. The molecule has 1 aromatic carbocycles. The molecule has 0 amide bonds. The molecule has 0 spiro atoms. The molecule has 1 atom stereocenters. The van der Waals surface area contributed by atoms with E-state index >= 15 is 0 Å². The highest BCUT2D eigenvalue weighted by Crippen LogP contribution is 2.21. The Morgan fingerprint density at radius 2 is 2.00 bits per heavy atom. The van der Waals surface area contributed by atoms with Crippen molar-refractivity contribution in [3.63, 3.8) is 0 Å². The van der Waals surface area contributed by atoms with Crippen LogP contribution in [0.2, 0.25) is 0 Å². The molecule has 1 unspecified atom stereocenters. The van der Waals surface area contributed by atoms with Crippen molar-refractivity contribution in [2.45, 2.75) is 12.5 Å². The summed E-state index contributed by atoms with van der Waals surface area (Å²) in [5, 5.41) is 13.6. The van der Waals surface area contributed by atoms with Crippen molar-refractivity contribution in [1.29, 1.82) is 0 Å². The van der Waals surface area contributed by atoms with Crippen molar-refractivity contribution >= 4 is 11.3 Å². The lowest BCUT2D eigenvalue weighted by Gasteiger charge is -2.11. The minimum Gasteiger partial charge on any atom is -0.423 e. The molecular formula is C15H15N3OS. The fourth-order valence-corrected chi connectivity index (χ4v) is 2.79. The Morgan fingerprint density at radius 1 is 1.15 bits per heavy atom. The van der Waals surface area contributed by atoms with Gasteiger partial charge < -0.3 is 9.73 Å². The third-order valence-corrected chi connectivity index (χ3v) is 3.93. The van der Waals surface area contributed by atoms with Crippen LogP contribution < -0.4 is 5.32 Å². The average Bonchev–Trinajstić information content (AvgIpc) is 3.14. The van der Waals surface area contributed by atoms with Gasteiger partial charge in [0.1, 0.15) is 6.04 Å². The van der Waals surface area contributed by atoms with Crippen molar-refractivity contribution in [3.05, 3.63) is 70.1 Å². The Morgan fingerprint density at radius 3 is 2.70 bits per heavy atom. The standard InChI is InChI=1S/C15H15N3OS/c1-16-14(11-6-3-2-4-7-11)15-18-17-13(19-15)10-12-8-5-9-20-12/h2-9,14,16H,10H2,1H3. The van der Waals surface area contributed by atoms with Crippen LogP contribution in [0.5, 0.6) is 0 Å². The van der Waals surface area contributed by atoms with E-state index in [0.29, 0.717) is 18.2 Å². The van der Waals surface area contributed by atoms with Crippen molar-refractivity contribution in [2.75, 3.05) is 7.05 Å². The highest BCUT2D eigenvalue weighted by Gasteiger charge is 2.18. The van der Waals surface area contributed by atoms with Crippen LogP contribution in [0.4, 0.5) is 0 Å². The highest BCUT2D eigenvalue weighted by molar-refractivity contribution is 7.09. The molecule has 4 nitrogen and oxygen atoms in total. The Labute approximate surface area is 121 Å². The van der Waals surface area contributed by atoms with Crippen molar-refractivity contribution < 1.29 is 4.42 Å². The molecule has 0 saturated heterocycles. The molecule has 20 heavy (non-hydrogen) atoms. The smallest absolute Gasteiger partial charge is 0.237 e. The summed E-state index contributed by atoms with van der Waals surface area (Å²) < 4.78 is 5.79. The third-order valence-electron chi connectivity index (χ3n) is 3.06. The molecule has 1 N–H and O–H groups in total. The topological polar surface area (TPSA) is 51.0 Å². The van der Waals surface area contributed by atoms with Crippen molar-refractivity contribution in [1.82, 2.24) is 15.5 Å². The second-order valence-corrected chi connectivity index (χ2v) is 5.45. The van der Waals surface area contributed by atoms with E-state index in [1.807, 2.05) is 48.8 Å². The van der Waals surface area contributed by atoms with Crippen LogP contribution in [0.3, 0.4) is 0 Å². The lowest BCUT2D eigenvalue weighted by molar-refractivity contribution is 0.422. The van der Waals surface area contributed by atoms with E-state index < -0.39 is 0 Å². The Balaban J connectivity index is 1.81. The summed E-state index contributed by atoms with van der Waals surface area (Å²) in [6.45, 7) is 0. The first-order chi connectivity index (χ1) is 9.86. The van der Waals surface area contributed by atoms with E-state index in [1.165, 1.54) is 4.88 Å². The first kappa shape index (κ1) is 13.0. The van der Waals surface area contributed by atoms with E-state index in [4.69, 9.17) is 4.42 Å². The summed E-state index contributed by atoms with van der Waals surface area (Å²) >= 11 is 1.69. The largest absolute Gasteiger partial charge is 0.423 e. The average molecular weight is 285 g/mol. The number of nitrogens with one attached hydrogen (secondary N) is 1. The van der Waals surface area contributed by atoms with E-state index in [9.17, 15) is 0 Å². The number of aromatic nitrogens is 2. The normalized spacial score (nSPS) is 12.4. The molecule has 0 fully saturated rings. The SMILES string of the molecule is CNC(c1ccccc1)c1nnc(Cc2cccs2)o1. The molecule has 2 heterocycles. The fraction of sp³-hybridized carbons (Fsp3) is 0.200. The number of thiophene rings is 1. The quantitative estimate of drug-likeness (QED) is 0.783. The predicted molar refractivity (Wildman–Crippen MR) is 78.8 cm³/mol. The summed E-state index contributed by atoms with van der Waals surface area (Å²) in [5.41, 5.74) is 1.11. The molecule has 0 bridgehead atoms. The predicted octanol–water partition coefficient (Wildman–Crippen LogP) is 3.03. The van der Waals surface area contributed by atoms with Crippen LogP contribution in [-0.2, 0) is 6.42 Å². The van der Waals surface area contributed by atoms with Gasteiger partial charge in [-0.25, -0.2) is 0 Å². The molecule has 0 aliphatic heterocycles. The molecule has 3 rings (SSSR count). The maximum Gasteiger partial charge on any atom is 0.237 e. The zero-order chi connectivity index (χ0) is 13.8. The molecule has 0 aliphatic rings. The van der Waals surface area contributed by atoms with E-state index in [-0.39, 0.29) is 6.04 Å². The van der Waals surface area contributed by atoms with Crippen LogP contribution >= 0.6 is 11.3 Å². The van der Waals surface area contributed by atoms with E-state index in [2.05, 4.69) is 21.6 Å². The van der Waals surface area contributed by atoms with Gasteiger partial charge in [0.05, 0.1) is 6.42 Å². The number of hydrogen-bond acceptors (Lipinski definition) is 5. The van der Waals surface area contributed by atoms with Crippen LogP contribution in [-0.4, -0.2) is 17.2 Å². The monoisotopic (exact) mass is 285 g/mol. The molecule has 0 aliphatic carbocycles. The number of benzene rings is 1. The first-order valence-corrected chi connectivity index (χ1v) is 7.31. The summed E-state index contributed by atoms with van der Waals surface area (Å²) in [5.74, 6) is 1.25. The van der Waals surface area contributed by atoms with Crippen LogP contribution in [0, 0.1) is 0 Å². The van der Waals surface area contributed by atoms with Gasteiger partial charge in [-0.3, -0.25) is 0 Å².